The van der Waals surface area contributed by atoms with E-state index in [1.165, 1.54) is 158 Å². The van der Waals surface area contributed by atoms with E-state index in [-0.39, 0.29) is 93.8 Å². The molecule has 5 saturated heterocycles. The number of benzene rings is 5. The van der Waals surface area contributed by atoms with E-state index < -0.39 is 7.12 Å². The number of nitrogens with zero attached hydrogens (tertiary/aromatic N) is 4. The van der Waals surface area contributed by atoms with E-state index in [9.17, 15) is 10.0 Å². The molecule has 5 aliphatic heterocycles. The van der Waals surface area contributed by atoms with Crippen LogP contribution in [0.1, 0.15) is 196 Å². The van der Waals surface area contributed by atoms with E-state index in [0.29, 0.717) is 24.1 Å². The van der Waals surface area contributed by atoms with Gasteiger partial charge in [0.05, 0.1) is 17.3 Å². The minimum atomic E-state index is -1.38. The molecule has 92 heavy (non-hydrogen) atoms. The summed E-state index contributed by atoms with van der Waals surface area (Å²) in [5, 5.41) is 28.0. The smallest absolute Gasteiger partial charge is 0.490 e. The Bertz CT molecular complexity index is 2890. The quantitative estimate of drug-likeness (QED) is 0.105. The predicted molar refractivity (Wildman–Crippen MR) is 385 cm³/mol. The number of hydrogen-bond donors (Lipinski definition) is 3. The molecule has 6 fully saturated rings. The van der Waals surface area contributed by atoms with Gasteiger partial charge in [-0.15, -0.1) is 0 Å². The van der Waals surface area contributed by atoms with Gasteiger partial charge in [0, 0.05) is 168 Å². The fourth-order valence-corrected chi connectivity index (χ4v) is 13.8. The van der Waals surface area contributed by atoms with Gasteiger partial charge in [0.15, 0.2) is 0 Å². The number of rotatable bonds is 12. The Morgan fingerprint density at radius 2 is 0.783 bits per heavy atom. The maximum atomic E-state index is 9.45. The van der Waals surface area contributed by atoms with Crippen molar-refractivity contribution in [1.82, 2.24) is 0 Å². The molecule has 510 valence electrons. The van der Waals surface area contributed by atoms with Crippen molar-refractivity contribution < 1.29 is 105 Å². The van der Waals surface area contributed by atoms with Crippen LogP contribution >= 0.6 is 0 Å². The van der Waals surface area contributed by atoms with Gasteiger partial charge < -0.3 is 48.8 Å². The van der Waals surface area contributed by atoms with Crippen LogP contribution < -0.4 is 35.3 Å². The van der Waals surface area contributed by atoms with Crippen LogP contribution in [0.25, 0.3) is 0 Å². The minimum absolute atomic E-state index is 0. The van der Waals surface area contributed by atoms with Crippen molar-refractivity contribution in [2.45, 2.75) is 224 Å². The number of aliphatic hydroxyl groups excluding tert-OH is 1. The normalized spacial score (nSPS) is 20.1. The van der Waals surface area contributed by atoms with Gasteiger partial charge in [0.2, 0.25) is 0 Å². The SMILES string of the molecule is CCC1CCN(c2cc(C)ccc2B(O)O)CC1.CCC1CCN(c2cc(C)ccc2B2OC(C)(C)C(C)(C)O2)CC1.CCC1CCN(c2cc(C)ccc2C)CC1.Cc1ccc(C)c(N2CCC(CO)CC2)c1.Cc1ccc(C)c(OC2CCC(C)CC2)c1.[Ar].[Ar]. The van der Waals surface area contributed by atoms with Gasteiger partial charge >= 0.3 is 14.2 Å². The van der Waals surface area contributed by atoms with Crippen LogP contribution in [0.3, 0.4) is 0 Å². The molecule has 11 rings (SSSR count). The first-order valence-corrected chi connectivity index (χ1v) is 35.3. The number of anilines is 4. The van der Waals surface area contributed by atoms with Crippen molar-refractivity contribution in [2.75, 3.05) is 78.6 Å². The summed E-state index contributed by atoms with van der Waals surface area (Å²) in [4.78, 5) is 9.83. The van der Waals surface area contributed by atoms with Crippen molar-refractivity contribution in [3.8, 4) is 5.75 Å². The summed E-state index contributed by atoms with van der Waals surface area (Å²) in [6.07, 6.45) is 19.3. The molecule has 3 N–H and O–H groups in total. The van der Waals surface area contributed by atoms with Gasteiger partial charge in [-0.05, 0) is 265 Å². The molecular weight excluding hydrogens is 1190 g/mol. The Morgan fingerprint density at radius 3 is 1.18 bits per heavy atom. The average Bonchev–Trinajstić information content (AvgIpc) is 1.61. The summed E-state index contributed by atoms with van der Waals surface area (Å²) in [7, 11) is -1.67. The van der Waals surface area contributed by atoms with Crippen LogP contribution in [0.15, 0.2) is 91.0 Å². The van der Waals surface area contributed by atoms with Crippen LogP contribution in [-0.2, 0) is 9.31 Å². The van der Waals surface area contributed by atoms with E-state index in [2.05, 4.69) is 202 Å². The molecule has 0 bridgehead atoms. The number of hydrogen-bond acceptors (Lipinski definition) is 10. The van der Waals surface area contributed by atoms with Crippen molar-refractivity contribution >= 4 is 47.9 Å². The largest absolute Gasteiger partial charge is 0.496 e. The van der Waals surface area contributed by atoms with E-state index in [1.54, 1.807) is 0 Å². The fourth-order valence-electron chi connectivity index (χ4n) is 13.8. The molecule has 5 aromatic rings. The first-order valence-electron chi connectivity index (χ1n) is 35.3. The van der Waals surface area contributed by atoms with Crippen molar-refractivity contribution in [1.29, 1.82) is 0 Å². The maximum Gasteiger partial charge on any atom is 0.496 e. The second-order valence-electron chi connectivity index (χ2n) is 29.1. The molecule has 1 aliphatic carbocycles. The van der Waals surface area contributed by atoms with E-state index in [0.717, 1.165) is 92.8 Å². The van der Waals surface area contributed by atoms with Crippen molar-refractivity contribution in [2.24, 2.45) is 29.6 Å². The Labute approximate surface area is 620 Å². The molecule has 1 saturated carbocycles. The Kier molecular flexibility index (Phi) is 33.7. The van der Waals surface area contributed by atoms with Crippen molar-refractivity contribution in [3.05, 3.63) is 136 Å². The molecule has 6 aliphatic rings. The van der Waals surface area contributed by atoms with Gasteiger partial charge in [-0.2, -0.15) is 0 Å². The van der Waals surface area contributed by atoms with Crippen LogP contribution in [0.4, 0.5) is 22.7 Å². The molecule has 0 radical (unpaired) electrons. The summed E-state index contributed by atoms with van der Waals surface area (Å²) in [5.41, 5.74) is 16.8. The summed E-state index contributed by atoms with van der Waals surface area (Å²) in [6, 6.07) is 32.3. The maximum absolute atomic E-state index is 9.45. The number of ether oxygens (including phenoxy) is 1. The summed E-state index contributed by atoms with van der Waals surface area (Å²) in [5.74, 6) is 5.15. The molecule has 10 nitrogen and oxygen atoms in total. The first-order chi connectivity index (χ1) is 42.9. The molecule has 0 aromatic heterocycles. The topological polar surface area (TPSA) is 101 Å². The van der Waals surface area contributed by atoms with Gasteiger partial charge in [-0.3, -0.25) is 0 Å². The second-order valence-corrected chi connectivity index (χ2v) is 29.1. The van der Waals surface area contributed by atoms with E-state index >= 15 is 0 Å². The molecule has 14 heteroatoms. The van der Waals surface area contributed by atoms with Crippen LogP contribution in [0, 0.1) is 160 Å². The number of aliphatic hydroxyl groups is 1. The molecular formula is C78H120Ar2B2N4O6. The Balaban J connectivity index is 0.000000210. The van der Waals surface area contributed by atoms with Crippen LogP contribution in [-0.4, -0.2) is 106 Å². The van der Waals surface area contributed by atoms with Crippen molar-refractivity contribution in [3.63, 3.8) is 0 Å². The monoisotopic (exact) mass is 1310 g/mol. The molecule has 5 aromatic carbocycles. The van der Waals surface area contributed by atoms with E-state index in [1.807, 2.05) is 19.1 Å². The Hall–Kier alpha value is -2.45. The van der Waals surface area contributed by atoms with Gasteiger partial charge in [0.25, 0.3) is 0 Å². The molecule has 0 unspecified atom stereocenters. The third kappa shape index (κ3) is 23.4. The zero-order valence-electron chi connectivity index (χ0n) is 59.8. The standard InChI is InChI=1S/C20H32BNO2.C15H23N.C15H22O.C14H22BNO2.C14H21NO.2Ar/c1-7-16-10-12-22(13-11-16)18-14-15(2)8-9-17(18)21-23-19(3,4)20(5,6)24-21;1-4-14-7-9-16(10-8-14)15-11-12(2)5-6-13(15)3;1-11-5-8-14(9-6-11)16-15-10-12(2)4-7-13(15)3;1-3-12-6-8-16(9-7-12)14-10-11(2)4-5-13(14)15(17)18;1-11-3-4-12(2)14(9-11)15-7-5-13(10-16)6-8-15;;/h8-9,14,16H,7,10-13H2,1-6H3;5-6,11,14H,4,7-10H2,1-3H3;4,7,10-11,14H,5-6,8-9H2,1-3H3;4-5,10,12,17-18H,3,6-9H2,1-2H3;3-4,9,13,16H,5-8,10H2,1-2H3;;. The first kappa shape index (κ1) is 80.2. The fraction of sp³-hybridized carbons (Fsp3) is 0.615. The third-order valence-electron chi connectivity index (χ3n) is 21.3. The third-order valence-corrected chi connectivity index (χ3v) is 21.3. The summed E-state index contributed by atoms with van der Waals surface area (Å²) in [6.45, 7) is 44.1. The number of piperidine rings is 4. The number of aryl methyl sites for hydroxylation is 8. The minimum Gasteiger partial charge on any atom is -0.490 e. The summed E-state index contributed by atoms with van der Waals surface area (Å²) < 4.78 is 18.7. The average molecular weight is 1310 g/mol. The van der Waals surface area contributed by atoms with Gasteiger partial charge in [0.1, 0.15) is 5.75 Å². The van der Waals surface area contributed by atoms with Crippen LogP contribution in [0.5, 0.6) is 5.75 Å². The predicted octanol–water partition coefficient (Wildman–Crippen LogP) is 15.9. The zero-order valence-corrected chi connectivity index (χ0v) is 61.2. The molecule has 0 amide bonds. The zero-order chi connectivity index (χ0) is 65.3. The van der Waals surface area contributed by atoms with Crippen LogP contribution in [0.2, 0.25) is 0 Å². The molecule has 0 spiro atoms. The van der Waals surface area contributed by atoms with Gasteiger partial charge in [-0.1, -0.05) is 108 Å². The second kappa shape index (κ2) is 38.6. The van der Waals surface area contributed by atoms with E-state index in [4.69, 9.17) is 19.2 Å². The van der Waals surface area contributed by atoms with Gasteiger partial charge in [-0.25, -0.2) is 0 Å². The Morgan fingerprint density at radius 1 is 0.446 bits per heavy atom. The molecule has 5 heterocycles. The molecule has 0 atom stereocenters. The summed E-state index contributed by atoms with van der Waals surface area (Å²) >= 11 is 0.